The number of carbonyl (C=O) groups is 2. The maximum absolute atomic E-state index is 12.2. The summed E-state index contributed by atoms with van der Waals surface area (Å²) in [5.74, 6) is -0.906. The number of carbonyl (C=O) groups excluding carboxylic acids is 2. The maximum Gasteiger partial charge on any atom is 0.327 e. The number of sulfonamides is 1. The van der Waals surface area contributed by atoms with Crippen LogP contribution in [0.1, 0.15) is 12.5 Å². The van der Waals surface area contributed by atoms with Gasteiger partial charge in [-0.05, 0) is 37.6 Å². The number of benzene rings is 2. The fraction of sp³-hybridized carbons (Fsp3) is 0.300. The maximum atomic E-state index is 12.2. The van der Waals surface area contributed by atoms with Gasteiger partial charge in [0.1, 0.15) is 12.3 Å². The van der Waals surface area contributed by atoms with Gasteiger partial charge in [0.2, 0.25) is 10.0 Å². The van der Waals surface area contributed by atoms with E-state index >= 15 is 0 Å². The molecule has 29 heavy (non-hydrogen) atoms. The predicted octanol–water partition coefficient (Wildman–Crippen LogP) is 2.34. The minimum atomic E-state index is -3.72. The van der Waals surface area contributed by atoms with Crippen LogP contribution in [0.25, 0.3) is 0 Å². The van der Waals surface area contributed by atoms with Crippen LogP contribution < -0.4 is 14.4 Å². The summed E-state index contributed by atoms with van der Waals surface area (Å²) >= 11 is 0. The molecule has 0 aliphatic carbocycles. The lowest BCUT2D eigenvalue weighted by Crippen LogP contribution is -2.37. The van der Waals surface area contributed by atoms with Gasteiger partial charge in [-0.3, -0.25) is 13.9 Å². The largest absolute Gasteiger partial charge is 0.492 e. The van der Waals surface area contributed by atoms with Crippen molar-refractivity contribution in [2.24, 2.45) is 0 Å². The molecule has 1 amide bonds. The van der Waals surface area contributed by atoms with Crippen molar-refractivity contribution in [1.29, 1.82) is 0 Å². The van der Waals surface area contributed by atoms with Crippen molar-refractivity contribution in [3.8, 4) is 5.75 Å². The lowest BCUT2D eigenvalue weighted by molar-refractivity contribution is -0.145. The van der Waals surface area contributed by atoms with E-state index < -0.39 is 35.1 Å². The number of anilines is 2. The van der Waals surface area contributed by atoms with Crippen LogP contribution in [0, 0.1) is 6.92 Å². The second-order valence-electron chi connectivity index (χ2n) is 6.19. The molecule has 2 aromatic carbocycles. The minimum absolute atomic E-state index is 0.377. The smallest absolute Gasteiger partial charge is 0.327 e. The summed E-state index contributed by atoms with van der Waals surface area (Å²) in [4.78, 5) is 24.3. The topological polar surface area (TPSA) is 102 Å². The van der Waals surface area contributed by atoms with Crippen molar-refractivity contribution in [3.63, 3.8) is 0 Å². The SMILES string of the molecule is CCOc1ccccc1NC(=O)COC(=O)CN(c1ccccc1C)S(C)(=O)=O. The van der Waals surface area contributed by atoms with Gasteiger partial charge < -0.3 is 14.8 Å². The molecule has 0 aliphatic heterocycles. The van der Waals surface area contributed by atoms with E-state index in [1.165, 1.54) is 0 Å². The number of hydrogen-bond acceptors (Lipinski definition) is 6. The van der Waals surface area contributed by atoms with Crippen LogP contribution in [0.15, 0.2) is 48.5 Å². The number of nitrogens with one attached hydrogen (secondary N) is 1. The van der Waals surface area contributed by atoms with Gasteiger partial charge in [0.15, 0.2) is 6.61 Å². The molecular formula is C20H24N2O6S. The molecule has 0 saturated carbocycles. The van der Waals surface area contributed by atoms with Gasteiger partial charge in [-0.1, -0.05) is 30.3 Å². The van der Waals surface area contributed by atoms with Gasteiger partial charge in [-0.25, -0.2) is 8.42 Å². The molecule has 0 radical (unpaired) electrons. The average molecular weight is 420 g/mol. The van der Waals surface area contributed by atoms with E-state index in [2.05, 4.69) is 5.32 Å². The zero-order valence-corrected chi connectivity index (χ0v) is 17.4. The summed E-state index contributed by atoms with van der Waals surface area (Å²) in [5.41, 5.74) is 1.52. The first kappa shape index (κ1) is 22.2. The Kier molecular flexibility index (Phi) is 7.60. The van der Waals surface area contributed by atoms with Crippen molar-refractivity contribution < 1.29 is 27.5 Å². The van der Waals surface area contributed by atoms with E-state index in [9.17, 15) is 18.0 Å². The standard InChI is InChI=1S/C20H24N2O6S/c1-4-27-18-12-8-6-10-16(18)21-19(23)14-28-20(24)13-22(29(3,25)26)17-11-7-5-9-15(17)2/h5-12H,4,13-14H2,1-3H3,(H,21,23). The van der Waals surface area contributed by atoms with Crippen molar-refractivity contribution in [3.05, 3.63) is 54.1 Å². The average Bonchev–Trinajstić information content (AvgIpc) is 2.66. The molecule has 1 N–H and O–H groups in total. The third-order valence-corrected chi connectivity index (χ3v) is 5.01. The zero-order valence-electron chi connectivity index (χ0n) is 16.5. The molecular weight excluding hydrogens is 396 g/mol. The Morgan fingerprint density at radius 2 is 1.72 bits per heavy atom. The van der Waals surface area contributed by atoms with Gasteiger partial charge in [0.25, 0.3) is 5.91 Å². The van der Waals surface area contributed by atoms with Crippen LogP contribution in [0.2, 0.25) is 0 Å². The van der Waals surface area contributed by atoms with E-state index in [1.54, 1.807) is 55.5 Å². The number of ether oxygens (including phenoxy) is 2. The number of amides is 1. The Morgan fingerprint density at radius 1 is 1.07 bits per heavy atom. The van der Waals surface area contributed by atoms with Gasteiger partial charge in [0.05, 0.1) is 24.2 Å². The van der Waals surface area contributed by atoms with Crippen LogP contribution in [-0.4, -0.2) is 46.3 Å². The Hall–Kier alpha value is -3.07. The molecule has 2 rings (SSSR count). The quantitative estimate of drug-likeness (QED) is 0.625. The monoisotopic (exact) mass is 420 g/mol. The van der Waals surface area contributed by atoms with Crippen molar-refractivity contribution >= 4 is 33.3 Å². The second-order valence-corrected chi connectivity index (χ2v) is 8.10. The number of aryl methyl sites for hydroxylation is 1. The molecule has 9 heteroatoms. The summed E-state index contributed by atoms with van der Waals surface area (Å²) in [6.07, 6.45) is 1.00. The molecule has 0 fully saturated rings. The van der Waals surface area contributed by atoms with E-state index in [0.29, 0.717) is 29.3 Å². The van der Waals surface area contributed by atoms with E-state index in [0.717, 1.165) is 10.6 Å². The highest BCUT2D eigenvalue weighted by atomic mass is 32.2. The third-order valence-electron chi connectivity index (χ3n) is 3.88. The van der Waals surface area contributed by atoms with Crippen LogP contribution in [0.5, 0.6) is 5.75 Å². The summed E-state index contributed by atoms with van der Waals surface area (Å²) in [6, 6.07) is 13.6. The van der Waals surface area contributed by atoms with E-state index in [4.69, 9.17) is 9.47 Å². The summed E-state index contributed by atoms with van der Waals surface area (Å²) < 4.78 is 35.6. The highest BCUT2D eigenvalue weighted by molar-refractivity contribution is 7.92. The minimum Gasteiger partial charge on any atom is -0.492 e. The second kappa shape index (κ2) is 9.92. The summed E-state index contributed by atoms with van der Waals surface area (Å²) in [5, 5.41) is 2.60. The third kappa shape index (κ3) is 6.49. The molecule has 0 bridgehead atoms. The van der Waals surface area contributed by atoms with Crippen LogP contribution in [0.3, 0.4) is 0 Å². The molecule has 8 nitrogen and oxygen atoms in total. The number of esters is 1. The molecule has 0 heterocycles. The number of hydrogen-bond donors (Lipinski definition) is 1. The zero-order chi connectivity index (χ0) is 21.4. The van der Waals surface area contributed by atoms with Gasteiger partial charge in [-0.2, -0.15) is 0 Å². The van der Waals surface area contributed by atoms with Gasteiger partial charge in [0, 0.05) is 0 Å². The lowest BCUT2D eigenvalue weighted by Gasteiger charge is -2.23. The molecule has 0 spiro atoms. The van der Waals surface area contributed by atoms with Crippen molar-refractivity contribution in [2.45, 2.75) is 13.8 Å². The molecule has 0 unspecified atom stereocenters. The number of rotatable bonds is 9. The summed E-state index contributed by atoms with van der Waals surface area (Å²) in [7, 11) is -3.72. The highest BCUT2D eigenvalue weighted by Gasteiger charge is 2.23. The van der Waals surface area contributed by atoms with Gasteiger partial charge >= 0.3 is 5.97 Å². The highest BCUT2D eigenvalue weighted by Crippen LogP contribution is 2.24. The van der Waals surface area contributed by atoms with Crippen LogP contribution >= 0.6 is 0 Å². The normalized spacial score (nSPS) is 10.9. The lowest BCUT2D eigenvalue weighted by atomic mass is 10.2. The molecule has 156 valence electrons. The first-order valence-corrected chi connectivity index (χ1v) is 10.8. The number of nitrogens with zero attached hydrogens (tertiary/aromatic N) is 1. The fourth-order valence-corrected chi connectivity index (χ4v) is 3.47. The molecule has 0 aliphatic rings. The van der Waals surface area contributed by atoms with E-state index in [-0.39, 0.29) is 0 Å². The molecule has 2 aromatic rings. The first-order valence-electron chi connectivity index (χ1n) is 8.93. The van der Waals surface area contributed by atoms with E-state index in [1.807, 2.05) is 6.92 Å². The number of para-hydroxylation sites is 3. The Balaban J connectivity index is 1.99. The molecule has 0 aromatic heterocycles. The Morgan fingerprint density at radius 3 is 2.38 bits per heavy atom. The van der Waals surface area contributed by atoms with Gasteiger partial charge in [-0.15, -0.1) is 0 Å². The van der Waals surface area contributed by atoms with Crippen molar-refractivity contribution in [1.82, 2.24) is 0 Å². The predicted molar refractivity (Wildman–Crippen MR) is 111 cm³/mol. The molecule has 0 atom stereocenters. The Labute approximate surface area is 170 Å². The van der Waals surface area contributed by atoms with Crippen molar-refractivity contribution in [2.75, 3.05) is 35.6 Å². The fourth-order valence-electron chi connectivity index (χ4n) is 2.57. The molecule has 0 saturated heterocycles. The van der Waals surface area contributed by atoms with Crippen LogP contribution in [-0.2, 0) is 24.3 Å². The van der Waals surface area contributed by atoms with Crippen LogP contribution in [0.4, 0.5) is 11.4 Å². The Bertz CT molecular complexity index is 974. The first-order chi connectivity index (χ1) is 13.7. The summed E-state index contributed by atoms with van der Waals surface area (Å²) in [6.45, 7) is 2.91.